The van der Waals surface area contributed by atoms with Crippen LogP contribution >= 0.6 is 11.3 Å². The minimum Gasteiger partial charge on any atom is -0.478 e. The van der Waals surface area contributed by atoms with E-state index < -0.39 is 23.2 Å². The first-order valence-electron chi connectivity index (χ1n) is 5.50. The number of carboxylic acids is 1. The quantitative estimate of drug-likeness (QED) is 0.894. The van der Waals surface area contributed by atoms with Gasteiger partial charge >= 0.3 is 5.97 Å². The molecule has 19 heavy (non-hydrogen) atoms. The van der Waals surface area contributed by atoms with Crippen LogP contribution in [0.2, 0.25) is 0 Å². The molecular formula is C13H11F2NO2S. The Bertz CT molecular complexity index is 599. The summed E-state index contributed by atoms with van der Waals surface area (Å²) in [4.78, 5) is 10.7. The van der Waals surface area contributed by atoms with E-state index in [0.29, 0.717) is 0 Å². The third-order valence-corrected chi connectivity index (χ3v) is 3.43. The monoisotopic (exact) mass is 283 g/mol. The van der Waals surface area contributed by atoms with E-state index in [1.807, 2.05) is 23.8 Å². The van der Waals surface area contributed by atoms with Gasteiger partial charge in [0.2, 0.25) is 0 Å². The third kappa shape index (κ3) is 2.73. The molecule has 0 bridgehead atoms. The highest BCUT2D eigenvalue weighted by Gasteiger charge is 2.19. The van der Waals surface area contributed by atoms with Crippen molar-refractivity contribution >= 4 is 23.0 Å². The van der Waals surface area contributed by atoms with Crippen LogP contribution in [0.25, 0.3) is 0 Å². The molecule has 0 spiro atoms. The van der Waals surface area contributed by atoms with Gasteiger partial charge < -0.3 is 10.4 Å². The lowest BCUT2D eigenvalue weighted by molar-refractivity contribution is 0.0690. The van der Waals surface area contributed by atoms with Crippen LogP contribution in [0.1, 0.15) is 28.9 Å². The number of hydrogen-bond acceptors (Lipinski definition) is 3. The lowest BCUT2D eigenvalue weighted by Gasteiger charge is -2.15. The number of carbonyl (C=O) groups is 1. The summed E-state index contributed by atoms with van der Waals surface area (Å²) < 4.78 is 27.2. The maximum absolute atomic E-state index is 13.7. The largest absolute Gasteiger partial charge is 0.478 e. The fourth-order valence-electron chi connectivity index (χ4n) is 1.66. The van der Waals surface area contributed by atoms with Crippen molar-refractivity contribution in [1.82, 2.24) is 0 Å². The molecule has 0 fully saturated rings. The SMILES string of the molecule is CC(Nc1ccc(C(=O)O)c(F)c1F)c1ccsc1. The van der Waals surface area contributed by atoms with E-state index in [-0.39, 0.29) is 11.7 Å². The molecule has 0 aliphatic rings. The minimum absolute atomic E-state index is 0.0544. The van der Waals surface area contributed by atoms with Gasteiger partial charge in [-0.05, 0) is 41.4 Å². The molecule has 100 valence electrons. The summed E-state index contributed by atoms with van der Waals surface area (Å²) in [6.07, 6.45) is 0. The number of anilines is 1. The van der Waals surface area contributed by atoms with Crippen LogP contribution in [-0.4, -0.2) is 11.1 Å². The van der Waals surface area contributed by atoms with Crippen molar-refractivity contribution in [2.75, 3.05) is 5.32 Å². The maximum Gasteiger partial charge on any atom is 0.338 e. The van der Waals surface area contributed by atoms with E-state index in [1.54, 1.807) is 0 Å². The molecular weight excluding hydrogens is 272 g/mol. The van der Waals surface area contributed by atoms with E-state index in [9.17, 15) is 13.6 Å². The van der Waals surface area contributed by atoms with Crippen LogP contribution in [0.15, 0.2) is 29.0 Å². The van der Waals surface area contributed by atoms with Gasteiger partial charge in [0, 0.05) is 6.04 Å². The van der Waals surface area contributed by atoms with Crippen LogP contribution in [0.4, 0.5) is 14.5 Å². The minimum atomic E-state index is -1.49. The van der Waals surface area contributed by atoms with Crippen LogP contribution in [0.3, 0.4) is 0 Å². The summed E-state index contributed by atoms with van der Waals surface area (Å²) in [7, 11) is 0. The molecule has 0 aliphatic heterocycles. The zero-order valence-electron chi connectivity index (χ0n) is 9.98. The predicted molar refractivity (Wildman–Crippen MR) is 69.7 cm³/mol. The number of aromatic carboxylic acids is 1. The van der Waals surface area contributed by atoms with Gasteiger partial charge in [-0.25, -0.2) is 13.6 Å². The zero-order chi connectivity index (χ0) is 14.0. The van der Waals surface area contributed by atoms with Gasteiger partial charge in [0.1, 0.15) is 0 Å². The Balaban J connectivity index is 2.27. The van der Waals surface area contributed by atoms with Crippen LogP contribution in [0, 0.1) is 11.6 Å². The first kappa shape index (κ1) is 13.5. The van der Waals surface area contributed by atoms with Crippen molar-refractivity contribution < 1.29 is 18.7 Å². The van der Waals surface area contributed by atoms with Crippen LogP contribution in [-0.2, 0) is 0 Å². The molecule has 0 saturated carbocycles. The lowest BCUT2D eigenvalue weighted by atomic mass is 10.1. The van der Waals surface area contributed by atoms with Crippen LogP contribution < -0.4 is 5.32 Å². The lowest BCUT2D eigenvalue weighted by Crippen LogP contribution is -2.10. The number of benzene rings is 1. The van der Waals surface area contributed by atoms with Crippen LogP contribution in [0.5, 0.6) is 0 Å². The van der Waals surface area contributed by atoms with Crippen molar-refractivity contribution in [2.24, 2.45) is 0 Å². The van der Waals surface area contributed by atoms with Crippen molar-refractivity contribution in [3.8, 4) is 0 Å². The molecule has 6 heteroatoms. The third-order valence-electron chi connectivity index (χ3n) is 2.73. The topological polar surface area (TPSA) is 49.3 Å². The highest BCUT2D eigenvalue weighted by atomic mass is 32.1. The van der Waals surface area contributed by atoms with E-state index in [1.165, 1.54) is 17.4 Å². The Morgan fingerprint density at radius 3 is 2.63 bits per heavy atom. The molecule has 2 aromatic rings. The zero-order valence-corrected chi connectivity index (χ0v) is 10.8. The van der Waals surface area contributed by atoms with Gasteiger partial charge in [-0.15, -0.1) is 0 Å². The average molecular weight is 283 g/mol. The smallest absolute Gasteiger partial charge is 0.338 e. The van der Waals surface area contributed by atoms with Crippen molar-refractivity contribution in [3.63, 3.8) is 0 Å². The predicted octanol–water partition coefficient (Wildman–Crippen LogP) is 3.90. The first-order valence-corrected chi connectivity index (χ1v) is 6.45. The molecule has 0 saturated heterocycles. The fraction of sp³-hybridized carbons (Fsp3) is 0.154. The van der Waals surface area contributed by atoms with Crippen molar-refractivity contribution in [3.05, 3.63) is 51.7 Å². The second-order valence-corrected chi connectivity index (χ2v) is 4.80. The summed E-state index contributed by atoms with van der Waals surface area (Å²) in [5.74, 6) is -4.02. The normalized spacial score (nSPS) is 12.2. The van der Waals surface area contributed by atoms with Gasteiger partial charge in [0.25, 0.3) is 0 Å². The molecule has 1 heterocycles. The van der Waals surface area contributed by atoms with E-state index >= 15 is 0 Å². The molecule has 0 amide bonds. The van der Waals surface area contributed by atoms with Gasteiger partial charge in [0.15, 0.2) is 11.6 Å². The summed E-state index contributed by atoms with van der Waals surface area (Å²) in [5.41, 5.74) is 0.222. The Morgan fingerprint density at radius 1 is 1.32 bits per heavy atom. The standard InChI is InChI=1S/C13H11F2NO2S/c1-7(8-4-5-19-6-8)16-10-3-2-9(13(17)18)11(14)12(10)15/h2-7,16H,1H3,(H,17,18). The highest BCUT2D eigenvalue weighted by Crippen LogP contribution is 2.26. The van der Waals surface area contributed by atoms with E-state index in [2.05, 4.69) is 5.32 Å². The number of thiophene rings is 1. The summed E-state index contributed by atoms with van der Waals surface area (Å²) in [6.45, 7) is 1.81. The number of halogens is 2. The summed E-state index contributed by atoms with van der Waals surface area (Å²) in [5, 5.41) is 15.3. The highest BCUT2D eigenvalue weighted by molar-refractivity contribution is 7.07. The molecule has 2 N–H and O–H groups in total. The van der Waals surface area contributed by atoms with E-state index in [0.717, 1.165) is 11.6 Å². The first-order chi connectivity index (χ1) is 9.00. The van der Waals surface area contributed by atoms with Gasteiger partial charge in [-0.3, -0.25) is 0 Å². The second-order valence-electron chi connectivity index (χ2n) is 4.02. The molecule has 1 unspecified atom stereocenters. The Kier molecular flexibility index (Phi) is 3.80. The van der Waals surface area contributed by atoms with Gasteiger partial charge in [0.05, 0.1) is 11.3 Å². The average Bonchev–Trinajstić information content (AvgIpc) is 2.88. The van der Waals surface area contributed by atoms with Gasteiger partial charge in [-0.2, -0.15) is 11.3 Å². The molecule has 1 atom stereocenters. The second kappa shape index (κ2) is 5.36. The molecule has 0 aliphatic carbocycles. The fourth-order valence-corrected chi connectivity index (χ4v) is 2.42. The number of carboxylic acid groups (broad SMARTS) is 1. The number of hydrogen-bond donors (Lipinski definition) is 2. The van der Waals surface area contributed by atoms with Crippen molar-refractivity contribution in [1.29, 1.82) is 0 Å². The summed E-state index contributed by atoms with van der Waals surface area (Å²) in [6, 6.07) is 3.95. The van der Waals surface area contributed by atoms with Crippen molar-refractivity contribution in [2.45, 2.75) is 13.0 Å². The number of rotatable bonds is 4. The maximum atomic E-state index is 13.7. The van der Waals surface area contributed by atoms with Gasteiger partial charge in [-0.1, -0.05) is 0 Å². The molecule has 3 nitrogen and oxygen atoms in total. The Labute approximate surface area is 112 Å². The molecule has 2 rings (SSSR count). The number of nitrogens with one attached hydrogen (secondary N) is 1. The summed E-state index contributed by atoms with van der Waals surface area (Å²) >= 11 is 1.51. The molecule has 1 aromatic carbocycles. The molecule has 0 radical (unpaired) electrons. The van der Waals surface area contributed by atoms with E-state index in [4.69, 9.17) is 5.11 Å². The Hall–Kier alpha value is -1.95. The Morgan fingerprint density at radius 2 is 2.05 bits per heavy atom. The molecule has 1 aromatic heterocycles.